The van der Waals surface area contributed by atoms with E-state index < -0.39 is 12.7 Å². The fraction of sp³-hybridized carbons (Fsp3) is 0.900. The number of nitrogens with one attached hydrogen (secondary N) is 1. The first-order chi connectivity index (χ1) is 7.72. The number of carbonyl (C=O) groups is 1. The minimum Gasteiger partial charge on any atom is -0.345 e. The number of hydrogen-bond acceptors (Lipinski definition) is 3. The topological polar surface area (TPSA) is 35.6 Å². The molecule has 0 radical (unpaired) electrons. The fourth-order valence-electron chi connectivity index (χ4n) is 1.19. The van der Waals surface area contributed by atoms with Crippen LogP contribution in [0.3, 0.4) is 0 Å². The Morgan fingerprint density at radius 3 is 2.24 bits per heavy atom. The van der Waals surface area contributed by atoms with Crippen molar-refractivity contribution in [1.82, 2.24) is 15.1 Å². The van der Waals surface area contributed by atoms with E-state index in [4.69, 9.17) is 0 Å². The number of likely N-dealkylation sites (N-methyl/N-ethyl adjacent to an activating group) is 1. The zero-order chi connectivity index (χ0) is 13.5. The Morgan fingerprint density at radius 1 is 1.18 bits per heavy atom. The first-order valence-electron chi connectivity index (χ1n) is 5.38. The van der Waals surface area contributed by atoms with Crippen LogP contribution in [0.4, 0.5) is 13.2 Å². The molecule has 0 aromatic rings. The van der Waals surface area contributed by atoms with Crippen LogP contribution in [0.5, 0.6) is 0 Å². The maximum Gasteiger partial charge on any atom is 0.401 e. The molecule has 0 aliphatic carbocycles. The molecule has 1 amide bonds. The van der Waals surface area contributed by atoms with Crippen molar-refractivity contribution in [3.8, 4) is 0 Å². The van der Waals surface area contributed by atoms with Crippen molar-refractivity contribution in [3.63, 3.8) is 0 Å². The van der Waals surface area contributed by atoms with E-state index in [1.807, 2.05) is 19.0 Å². The van der Waals surface area contributed by atoms with Crippen molar-refractivity contribution < 1.29 is 18.0 Å². The van der Waals surface area contributed by atoms with Crippen molar-refractivity contribution in [2.75, 3.05) is 47.3 Å². The lowest BCUT2D eigenvalue weighted by molar-refractivity contribution is -0.133. The third-order valence-electron chi connectivity index (χ3n) is 2.13. The fourth-order valence-corrected chi connectivity index (χ4v) is 1.19. The summed E-state index contributed by atoms with van der Waals surface area (Å²) in [7, 11) is 5.44. The molecule has 17 heavy (non-hydrogen) atoms. The van der Waals surface area contributed by atoms with Crippen molar-refractivity contribution in [2.45, 2.75) is 12.6 Å². The van der Waals surface area contributed by atoms with Gasteiger partial charge in [0.1, 0.15) is 0 Å². The predicted octanol–water partition coefficient (Wildman–Crippen LogP) is 0.548. The van der Waals surface area contributed by atoms with Crippen LogP contribution in [0.15, 0.2) is 0 Å². The van der Waals surface area contributed by atoms with Gasteiger partial charge < -0.3 is 15.1 Å². The number of halogens is 3. The summed E-state index contributed by atoms with van der Waals surface area (Å²) in [5, 5.41) is 2.08. The van der Waals surface area contributed by atoms with E-state index in [2.05, 4.69) is 5.32 Å². The molecule has 7 heteroatoms. The molecule has 102 valence electrons. The molecule has 0 aliphatic heterocycles. The Hall–Kier alpha value is -0.820. The Morgan fingerprint density at radius 2 is 1.76 bits per heavy atom. The highest BCUT2D eigenvalue weighted by Crippen LogP contribution is 2.11. The van der Waals surface area contributed by atoms with Crippen LogP contribution in [0.2, 0.25) is 0 Å². The zero-order valence-electron chi connectivity index (χ0n) is 10.5. The van der Waals surface area contributed by atoms with E-state index >= 15 is 0 Å². The second-order valence-corrected chi connectivity index (χ2v) is 4.19. The Labute approximate surface area is 99.8 Å². The Kier molecular flexibility index (Phi) is 7.13. The summed E-state index contributed by atoms with van der Waals surface area (Å²) >= 11 is 0. The van der Waals surface area contributed by atoms with Gasteiger partial charge in [-0.05, 0) is 27.1 Å². The van der Waals surface area contributed by atoms with Gasteiger partial charge in [0.15, 0.2) is 0 Å². The minimum absolute atomic E-state index is 0.280. The van der Waals surface area contributed by atoms with E-state index in [9.17, 15) is 18.0 Å². The molecule has 0 fully saturated rings. The molecule has 0 saturated heterocycles. The van der Waals surface area contributed by atoms with E-state index in [1.165, 1.54) is 4.90 Å². The van der Waals surface area contributed by atoms with Crippen molar-refractivity contribution in [3.05, 3.63) is 0 Å². The highest BCUT2D eigenvalue weighted by Gasteiger charge is 2.26. The largest absolute Gasteiger partial charge is 0.401 e. The van der Waals surface area contributed by atoms with Crippen LogP contribution in [0, 0.1) is 0 Å². The summed E-state index contributed by atoms with van der Waals surface area (Å²) in [5.41, 5.74) is 0. The lowest BCUT2D eigenvalue weighted by Gasteiger charge is -2.19. The molecule has 0 heterocycles. The average Bonchev–Trinajstić information content (AvgIpc) is 2.14. The first-order valence-corrected chi connectivity index (χ1v) is 5.38. The number of nitrogens with zero attached hydrogens (tertiary/aromatic N) is 2. The molecular weight excluding hydrogens is 235 g/mol. The maximum absolute atomic E-state index is 11.8. The Balaban J connectivity index is 3.68. The zero-order valence-corrected chi connectivity index (χ0v) is 10.5. The molecule has 0 saturated carbocycles. The SMILES string of the molecule is CN(C)CCCN(C)C(=O)CNCC(F)(F)F. The standard InChI is InChI=1S/C10H20F3N3O/c1-15(2)5-4-6-16(3)9(17)7-14-8-10(11,12)13/h14H,4-8H2,1-3H3. The molecule has 1 N–H and O–H groups in total. The van der Waals surface area contributed by atoms with E-state index in [0.29, 0.717) is 6.54 Å². The summed E-state index contributed by atoms with van der Waals surface area (Å²) < 4.78 is 35.4. The van der Waals surface area contributed by atoms with Gasteiger partial charge in [0, 0.05) is 13.6 Å². The maximum atomic E-state index is 11.8. The van der Waals surface area contributed by atoms with Crippen LogP contribution in [0.25, 0.3) is 0 Å². The van der Waals surface area contributed by atoms with E-state index in [-0.39, 0.29) is 12.5 Å². The molecule has 0 aliphatic rings. The normalized spacial score (nSPS) is 11.9. The van der Waals surface area contributed by atoms with Crippen molar-refractivity contribution >= 4 is 5.91 Å². The van der Waals surface area contributed by atoms with E-state index in [0.717, 1.165) is 13.0 Å². The third-order valence-corrected chi connectivity index (χ3v) is 2.13. The van der Waals surface area contributed by atoms with Crippen molar-refractivity contribution in [2.24, 2.45) is 0 Å². The summed E-state index contributed by atoms with van der Waals surface area (Å²) in [6.45, 7) is -0.0272. The molecule has 0 aromatic carbocycles. The summed E-state index contributed by atoms with van der Waals surface area (Å²) in [5.74, 6) is -0.326. The molecule has 0 atom stereocenters. The van der Waals surface area contributed by atoms with Gasteiger partial charge in [-0.1, -0.05) is 0 Å². The first kappa shape index (κ1) is 16.2. The van der Waals surface area contributed by atoms with Crippen LogP contribution in [0.1, 0.15) is 6.42 Å². The van der Waals surface area contributed by atoms with Gasteiger partial charge in [-0.15, -0.1) is 0 Å². The minimum atomic E-state index is -4.27. The quantitative estimate of drug-likeness (QED) is 0.721. The highest BCUT2D eigenvalue weighted by molar-refractivity contribution is 5.77. The molecular formula is C10H20F3N3O. The highest BCUT2D eigenvalue weighted by atomic mass is 19.4. The summed E-state index contributed by atoms with van der Waals surface area (Å²) in [6.07, 6.45) is -3.47. The summed E-state index contributed by atoms with van der Waals surface area (Å²) in [4.78, 5) is 14.8. The van der Waals surface area contributed by atoms with Gasteiger partial charge in [0.2, 0.25) is 5.91 Å². The second kappa shape index (κ2) is 7.50. The molecule has 4 nitrogen and oxygen atoms in total. The number of alkyl halides is 3. The smallest absolute Gasteiger partial charge is 0.345 e. The van der Waals surface area contributed by atoms with Crippen molar-refractivity contribution in [1.29, 1.82) is 0 Å². The predicted molar refractivity (Wildman–Crippen MR) is 59.7 cm³/mol. The molecule has 0 spiro atoms. The second-order valence-electron chi connectivity index (χ2n) is 4.19. The molecule has 0 bridgehead atoms. The molecule has 0 rings (SSSR count). The van der Waals surface area contributed by atoms with Crippen LogP contribution >= 0.6 is 0 Å². The van der Waals surface area contributed by atoms with Gasteiger partial charge in [-0.25, -0.2) is 0 Å². The van der Waals surface area contributed by atoms with Gasteiger partial charge in [0.25, 0.3) is 0 Å². The number of amides is 1. The van der Waals surface area contributed by atoms with Crippen LogP contribution < -0.4 is 5.32 Å². The third kappa shape index (κ3) is 10.1. The monoisotopic (exact) mass is 255 g/mol. The van der Waals surface area contributed by atoms with Crippen LogP contribution in [-0.2, 0) is 4.79 Å². The van der Waals surface area contributed by atoms with Gasteiger partial charge in [0.05, 0.1) is 13.1 Å². The lowest BCUT2D eigenvalue weighted by Crippen LogP contribution is -2.40. The number of rotatable bonds is 7. The van der Waals surface area contributed by atoms with E-state index in [1.54, 1.807) is 7.05 Å². The van der Waals surface area contributed by atoms with Gasteiger partial charge in [-0.2, -0.15) is 13.2 Å². The number of carbonyl (C=O) groups excluding carboxylic acids is 1. The lowest BCUT2D eigenvalue weighted by atomic mass is 10.3. The van der Waals surface area contributed by atoms with Gasteiger partial charge >= 0.3 is 6.18 Å². The number of hydrogen-bond donors (Lipinski definition) is 1. The average molecular weight is 255 g/mol. The molecule has 0 unspecified atom stereocenters. The summed E-state index contributed by atoms with van der Waals surface area (Å²) in [6, 6.07) is 0. The Bertz CT molecular complexity index is 231. The molecule has 0 aromatic heterocycles. The van der Waals surface area contributed by atoms with Crippen LogP contribution in [-0.4, -0.2) is 69.2 Å². The van der Waals surface area contributed by atoms with Gasteiger partial charge in [-0.3, -0.25) is 4.79 Å².